The summed E-state index contributed by atoms with van der Waals surface area (Å²) >= 11 is 5.94. The number of pyridine rings is 1. The minimum atomic E-state index is -4.61. The lowest BCUT2D eigenvalue weighted by atomic mass is 10.0. The molecule has 0 radical (unpaired) electrons. The highest BCUT2D eigenvalue weighted by molar-refractivity contribution is 6.30. The van der Waals surface area contributed by atoms with Crippen LogP contribution >= 0.6 is 11.6 Å². The maximum atomic E-state index is 13.1. The number of carbonyl (C=O) groups is 1. The van der Waals surface area contributed by atoms with Gasteiger partial charge in [0.2, 0.25) is 5.91 Å². The Balaban J connectivity index is 1.84. The number of nitrogens with one attached hydrogen (secondary N) is 1. The van der Waals surface area contributed by atoms with Crippen molar-refractivity contribution in [2.45, 2.75) is 25.6 Å². The molecule has 1 N–H and O–H groups in total. The third-order valence-corrected chi connectivity index (χ3v) is 4.38. The van der Waals surface area contributed by atoms with Crippen molar-refractivity contribution in [3.8, 4) is 5.69 Å². The van der Waals surface area contributed by atoms with Crippen LogP contribution in [-0.4, -0.2) is 20.7 Å². The van der Waals surface area contributed by atoms with Gasteiger partial charge in [0.05, 0.1) is 23.8 Å². The molecule has 2 aromatic heterocycles. The van der Waals surface area contributed by atoms with Gasteiger partial charge in [0.15, 0.2) is 5.69 Å². The van der Waals surface area contributed by atoms with Crippen molar-refractivity contribution in [3.63, 3.8) is 0 Å². The van der Waals surface area contributed by atoms with E-state index in [2.05, 4.69) is 15.4 Å². The van der Waals surface area contributed by atoms with Crippen LogP contribution in [-0.2, 0) is 17.5 Å². The van der Waals surface area contributed by atoms with E-state index in [1.54, 1.807) is 49.6 Å². The maximum absolute atomic E-state index is 13.1. The van der Waals surface area contributed by atoms with Gasteiger partial charge in [0.25, 0.3) is 0 Å². The Morgan fingerprint density at radius 1 is 1.25 bits per heavy atom. The fourth-order valence-electron chi connectivity index (χ4n) is 2.63. The normalized spacial score (nSPS) is 12.6. The number of alkyl halides is 3. The van der Waals surface area contributed by atoms with E-state index in [0.717, 1.165) is 10.7 Å². The van der Waals surface area contributed by atoms with Crippen LogP contribution in [0.5, 0.6) is 0 Å². The minimum Gasteiger partial charge on any atom is -0.350 e. The summed E-state index contributed by atoms with van der Waals surface area (Å²) in [6, 6.07) is 10.7. The molecule has 0 bridgehead atoms. The van der Waals surface area contributed by atoms with Crippen LogP contribution in [0.4, 0.5) is 13.2 Å². The van der Waals surface area contributed by atoms with Gasteiger partial charge in [-0.1, -0.05) is 23.7 Å². The van der Waals surface area contributed by atoms with Gasteiger partial charge in [-0.05, 0) is 42.8 Å². The summed E-state index contributed by atoms with van der Waals surface area (Å²) in [6.07, 6.45) is -1.44. The van der Waals surface area contributed by atoms with Crippen LogP contribution in [0.1, 0.15) is 29.8 Å². The van der Waals surface area contributed by atoms with E-state index < -0.39 is 17.8 Å². The first-order valence-corrected chi connectivity index (χ1v) is 8.73. The molecule has 0 fully saturated rings. The average molecular weight is 409 g/mol. The summed E-state index contributed by atoms with van der Waals surface area (Å²) in [5.74, 6) is -0.835. The molecule has 9 heteroatoms. The van der Waals surface area contributed by atoms with Crippen molar-refractivity contribution < 1.29 is 18.0 Å². The molecule has 1 amide bonds. The molecule has 1 atom stereocenters. The van der Waals surface area contributed by atoms with Crippen LogP contribution in [0.3, 0.4) is 0 Å². The van der Waals surface area contributed by atoms with Crippen LogP contribution in [0.15, 0.2) is 54.9 Å². The average Bonchev–Trinajstić information content (AvgIpc) is 3.11. The Kier molecular flexibility index (Phi) is 5.69. The highest BCUT2D eigenvalue weighted by Gasteiger charge is 2.35. The number of rotatable bonds is 5. The maximum Gasteiger partial charge on any atom is 0.435 e. The molecule has 1 unspecified atom stereocenters. The second-order valence-corrected chi connectivity index (χ2v) is 6.57. The van der Waals surface area contributed by atoms with Gasteiger partial charge in [-0.3, -0.25) is 9.78 Å². The number of benzene rings is 1. The van der Waals surface area contributed by atoms with E-state index in [1.165, 1.54) is 6.07 Å². The Bertz CT molecular complexity index is 973. The van der Waals surface area contributed by atoms with E-state index in [0.29, 0.717) is 16.3 Å². The van der Waals surface area contributed by atoms with Gasteiger partial charge in [0.1, 0.15) is 0 Å². The molecule has 146 valence electrons. The lowest BCUT2D eigenvalue weighted by Gasteiger charge is -2.13. The monoisotopic (exact) mass is 408 g/mol. The van der Waals surface area contributed by atoms with E-state index >= 15 is 0 Å². The first-order valence-electron chi connectivity index (χ1n) is 8.35. The second kappa shape index (κ2) is 8.02. The zero-order valence-electron chi connectivity index (χ0n) is 14.7. The molecule has 5 nitrogen and oxygen atoms in total. The Morgan fingerprint density at radius 2 is 2.04 bits per heavy atom. The number of hydrogen-bond donors (Lipinski definition) is 1. The molecular weight excluding hydrogens is 393 g/mol. The van der Waals surface area contributed by atoms with Gasteiger partial charge in [-0.2, -0.15) is 18.3 Å². The summed E-state index contributed by atoms with van der Waals surface area (Å²) in [6.45, 7) is 1.57. The molecule has 2 heterocycles. The molecular formula is C19H16ClF3N4O. The van der Waals surface area contributed by atoms with Crippen molar-refractivity contribution in [3.05, 3.63) is 76.8 Å². The Hall–Kier alpha value is -2.87. The molecule has 0 saturated heterocycles. The number of amides is 1. The number of halogens is 4. The van der Waals surface area contributed by atoms with E-state index in [1.807, 2.05) is 0 Å². The van der Waals surface area contributed by atoms with Crippen LogP contribution in [0.25, 0.3) is 5.69 Å². The smallest absolute Gasteiger partial charge is 0.350 e. The van der Waals surface area contributed by atoms with Crippen LogP contribution in [0, 0.1) is 0 Å². The van der Waals surface area contributed by atoms with Gasteiger partial charge >= 0.3 is 6.18 Å². The second-order valence-electron chi connectivity index (χ2n) is 6.14. The standard InChI is InChI=1S/C19H16ClF3N4O/c1-12(13-4-3-7-24-10-13)18(28)25-11-16-9-17(19(21,22)23)26-27(16)15-6-2-5-14(20)8-15/h2-10,12H,11H2,1H3,(H,25,28). The summed E-state index contributed by atoms with van der Waals surface area (Å²) in [4.78, 5) is 16.4. The van der Waals surface area contributed by atoms with Gasteiger partial charge in [-0.25, -0.2) is 4.68 Å². The Morgan fingerprint density at radius 3 is 2.68 bits per heavy atom. The molecule has 0 spiro atoms. The number of hydrogen-bond acceptors (Lipinski definition) is 3. The van der Waals surface area contributed by atoms with Crippen molar-refractivity contribution in [1.29, 1.82) is 0 Å². The Labute approximate surface area is 164 Å². The first kappa shape index (κ1) is 19.9. The predicted octanol–water partition coefficient (Wildman–Crippen LogP) is 4.36. The fourth-order valence-corrected chi connectivity index (χ4v) is 2.81. The van der Waals surface area contributed by atoms with Gasteiger partial charge < -0.3 is 5.32 Å². The molecule has 3 aromatic rings. The fraction of sp³-hybridized carbons (Fsp3) is 0.211. The quantitative estimate of drug-likeness (QED) is 0.682. The summed E-state index contributed by atoms with van der Waals surface area (Å²) in [7, 11) is 0. The SMILES string of the molecule is CC(C(=O)NCc1cc(C(F)(F)F)nn1-c1cccc(Cl)c1)c1cccnc1. The van der Waals surface area contributed by atoms with Gasteiger partial charge in [0, 0.05) is 17.4 Å². The van der Waals surface area contributed by atoms with Crippen molar-refractivity contribution in [1.82, 2.24) is 20.1 Å². The van der Waals surface area contributed by atoms with Gasteiger partial charge in [-0.15, -0.1) is 0 Å². The molecule has 0 saturated carbocycles. The zero-order valence-corrected chi connectivity index (χ0v) is 15.5. The topological polar surface area (TPSA) is 59.8 Å². The molecule has 1 aromatic carbocycles. The van der Waals surface area contributed by atoms with E-state index in [4.69, 9.17) is 11.6 Å². The highest BCUT2D eigenvalue weighted by Crippen LogP contribution is 2.30. The first-order chi connectivity index (χ1) is 13.3. The van der Waals surface area contributed by atoms with E-state index in [9.17, 15) is 18.0 Å². The van der Waals surface area contributed by atoms with Crippen LogP contribution in [0.2, 0.25) is 5.02 Å². The van der Waals surface area contributed by atoms with E-state index in [-0.39, 0.29) is 18.1 Å². The van der Waals surface area contributed by atoms with Crippen molar-refractivity contribution in [2.75, 3.05) is 0 Å². The molecule has 3 rings (SSSR count). The van der Waals surface area contributed by atoms with Crippen molar-refractivity contribution >= 4 is 17.5 Å². The third-order valence-electron chi connectivity index (χ3n) is 4.15. The lowest BCUT2D eigenvalue weighted by Crippen LogP contribution is -2.28. The summed E-state index contributed by atoms with van der Waals surface area (Å²) < 4.78 is 40.5. The molecule has 0 aliphatic carbocycles. The predicted molar refractivity (Wildman–Crippen MR) is 98.1 cm³/mol. The molecule has 0 aliphatic rings. The third kappa shape index (κ3) is 4.51. The zero-order chi connectivity index (χ0) is 20.3. The number of aromatic nitrogens is 3. The summed E-state index contributed by atoms with van der Waals surface area (Å²) in [5, 5.41) is 6.67. The molecule has 0 aliphatic heterocycles. The number of carbonyl (C=O) groups excluding carboxylic acids is 1. The number of nitrogens with zero attached hydrogens (tertiary/aromatic N) is 3. The summed E-state index contributed by atoms with van der Waals surface area (Å²) in [5.41, 5.74) is 0.213. The minimum absolute atomic E-state index is 0.126. The van der Waals surface area contributed by atoms with Crippen LogP contribution < -0.4 is 5.32 Å². The van der Waals surface area contributed by atoms with Crippen molar-refractivity contribution in [2.24, 2.45) is 0 Å². The highest BCUT2D eigenvalue weighted by atomic mass is 35.5. The largest absolute Gasteiger partial charge is 0.435 e. The lowest BCUT2D eigenvalue weighted by molar-refractivity contribution is -0.141. The molecule has 28 heavy (non-hydrogen) atoms.